The van der Waals surface area contributed by atoms with Crippen LogP contribution in [0.1, 0.15) is 24.8 Å². The van der Waals surface area contributed by atoms with Crippen molar-refractivity contribution < 1.29 is 23.1 Å². The molecule has 1 aromatic rings. The third-order valence-electron chi connectivity index (χ3n) is 3.11. The highest BCUT2D eigenvalue weighted by molar-refractivity contribution is 7.99. The molecule has 0 bridgehead atoms. The van der Waals surface area contributed by atoms with Gasteiger partial charge in [0.15, 0.2) is 0 Å². The van der Waals surface area contributed by atoms with Gasteiger partial charge in [-0.3, -0.25) is 4.79 Å². The van der Waals surface area contributed by atoms with Crippen molar-refractivity contribution in [2.75, 3.05) is 0 Å². The van der Waals surface area contributed by atoms with Gasteiger partial charge in [0.1, 0.15) is 0 Å². The topological polar surface area (TPSA) is 50.2 Å². The first-order chi connectivity index (χ1) is 8.88. The maximum atomic E-state index is 12.4. The highest BCUT2D eigenvalue weighted by Gasteiger charge is 2.34. The maximum absolute atomic E-state index is 12.4. The summed E-state index contributed by atoms with van der Waals surface area (Å²) in [6.45, 7) is 0. The van der Waals surface area contributed by atoms with E-state index in [-0.39, 0.29) is 5.25 Å². The number of halogens is 3. The van der Waals surface area contributed by atoms with Crippen molar-refractivity contribution in [1.29, 1.82) is 0 Å². The van der Waals surface area contributed by atoms with Crippen LogP contribution in [-0.4, -0.2) is 21.3 Å². The van der Waals surface area contributed by atoms with E-state index in [4.69, 9.17) is 5.11 Å². The summed E-state index contributed by atoms with van der Waals surface area (Å²) in [5.41, 5.74) is -0.793. The Hall–Kier alpha value is -1.24. The van der Waals surface area contributed by atoms with E-state index in [0.29, 0.717) is 11.4 Å². The molecule has 2 rings (SSSR count). The Morgan fingerprint density at radius 2 is 2.11 bits per heavy atom. The van der Waals surface area contributed by atoms with Crippen LogP contribution in [0.4, 0.5) is 13.2 Å². The zero-order valence-corrected chi connectivity index (χ0v) is 10.7. The normalized spacial score (nSPS) is 23.5. The first-order valence-corrected chi connectivity index (χ1v) is 6.68. The van der Waals surface area contributed by atoms with Crippen LogP contribution < -0.4 is 0 Å². The van der Waals surface area contributed by atoms with Crippen molar-refractivity contribution in [3.05, 3.63) is 23.9 Å². The van der Waals surface area contributed by atoms with Crippen LogP contribution >= 0.6 is 11.8 Å². The number of rotatable bonds is 3. The largest absolute Gasteiger partial charge is 0.481 e. The molecule has 0 spiro atoms. The van der Waals surface area contributed by atoms with Crippen LogP contribution in [0.5, 0.6) is 0 Å². The fraction of sp³-hybridized carbons (Fsp3) is 0.500. The molecule has 7 heteroatoms. The second-order valence-corrected chi connectivity index (χ2v) is 5.67. The Morgan fingerprint density at radius 1 is 1.37 bits per heavy atom. The number of pyridine rings is 1. The zero-order chi connectivity index (χ0) is 14.0. The first kappa shape index (κ1) is 14.2. The van der Waals surface area contributed by atoms with Gasteiger partial charge in [-0.25, -0.2) is 4.98 Å². The summed E-state index contributed by atoms with van der Waals surface area (Å²) in [4.78, 5) is 14.8. The van der Waals surface area contributed by atoms with E-state index in [0.717, 1.165) is 25.1 Å². The lowest BCUT2D eigenvalue weighted by Crippen LogP contribution is -2.20. The van der Waals surface area contributed by atoms with Gasteiger partial charge < -0.3 is 5.11 Å². The summed E-state index contributed by atoms with van der Waals surface area (Å²) in [5.74, 6) is -1.28. The Labute approximate surface area is 112 Å². The van der Waals surface area contributed by atoms with E-state index in [1.54, 1.807) is 0 Å². The Balaban J connectivity index is 2.06. The van der Waals surface area contributed by atoms with E-state index in [2.05, 4.69) is 4.98 Å². The zero-order valence-electron chi connectivity index (χ0n) is 9.85. The molecule has 2 unspecified atom stereocenters. The van der Waals surface area contributed by atoms with Gasteiger partial charge in [-0.05, 0) is 25.0 Å². The second kappa shape index (κ2) is 5.40. The molecule has 1 N–H and O–H groups in total. The lowest BCUT2D eigenvalue weighted by atomic mass is 10.1. The molecular formula is C12H12F3NO2S. The van der Waals surface area contributed by atoms with E-state index in [9.17, 15) is 18.0 Å². The summed E-state index contributed by atoms with van der Waals surface area (Å²) in [5, 5.41) is 9.36. The number of carbonyl (C=O) groups is 1. The minimum Gasteiger partial charge on any atom is -0.481 e. The second-order valence-electron chi connectivity index (χ2n) is 4.41. The van der Waals surface area contributed by atoms with Crippen molar-refractivity contribution in [2.45, 2.75) is 35.7 Å². The molecule has 2 atom stereocenters. The standard InChI is InChI=1S/C12H12F3NO2S/c13-12(14,15)7-4-5-10(16-6-7)19-9-3-1-2-8(9)11(17)18/h4-6,8-9H,1-3H2,(H,17,18). The van der Waals surface area contributed by atoms with Crippen LogP contribution in [0.3, 0.4) is 0 Å². The Bertz CT molecular complexity index is 461. The molecule has 3 nitrogen and oxygen atoms in total. The number of carboxylic acid groups (broad SMARTS) is 1. The molecule has 0 aromatic carbocycles. The minimum atomic E-state index is -4.40. The lowest BCUT2D eigenvalue weighted by Gasteiger charge is -2.14. The number of thioether (sulfide) groups is 1. The van der Waals surface area contributed by atoms with Crippen molar-refractivity contribution in [3.63, 3.8) is 0 Å². The van der Waals surface area contributed by atoms with Gasteiger partial charge in [0.05, 0.1) is 16.5 Å². The number of alkyl halides is 3. The molecule has 0 saturated heterocycles. The molecule has 1 aromatic heterocycles. The SMILES string of the molecule is O=C(O)C1CCCC1Sc1ccc(C(F)(F)F)cn1. The molecule has 0 radical (unpaired) electrons. The van der Waals surface area contributed by atoms with Crippen LogP contribution in [0, 0.1) is 5.92 Å². The van der Waals surface area contributed by atoms with E-state index in [1.165, 1.54) is 17.8 Å². The van der Waals surface area contributed by atoms with E-state index in [1.807, 2.05) is 0 Å². The summed E-state index contributed by atoms with van der Waals surface area (Å²) < 4.78 is 37.1. The molecule has 0 aliphatic heterocycles. The maximum Gasteiger partial charge on any atom is 0.417 e. The van der Waals surface area contributed by atoms with Gasteiger partial charge in [0.2, 0.25) is 0 Å². The molecule has 1 aliphatic rings. The molecule has 0 amide bonds. The van der Waals surface area contributed by atoms with Crippen molar-refractivity contribution >= 4 is 17.7 Å². The van der Waals surface area contributed by atoms with Crippen LogP contribution in [0.25, 0.3) is 0 Å². The number of aliphatic carboxylic acids is 1. The number of hydrogen-bond donors (Lipinski definition) is 1. The number of aromatic nitrogens is 1. The number of nitrogens with zero attached hydrogens (tertiary/aromatic N) is 1. The third kappa shape index (κ3) is 3.40. The average Bonchev–Trinajstić information content (AvgIpc) is 2.77. The molecule has 19 heavy (non-hydrogen) atoms. The fourth-order valence-electron chi connectivity index (χ4n) is 2.12. The van der Waals surface area contributed by atoms with Crippen molar-refractivity contribution in [1.82, 2.24) is 4.98 Å². The summed E-state index contributed by atoms with van der Waals surface area (Å²) in [6, 6.07) is 2.27. The first-order valence-electron chi connectivity index (χ1n) is 5.80. The van der Waals surface area contributed by atoms with Gasteiger partial charge in [0, 0.05) is 11.4 Å². The van der Waals surface area contributed by atoms with Crippen LogP contribution in [-0.2, 0) is 11.0 Å². The molecule has 1 saturated carbocycles. The lowest BCUT2D eigenvalue weighted by molar-refractivity contribution is -0.141. The highest BCUT2D eigenvalue weighted by Crippen LogP contribution is 2.39. The third-order valence-corrected chi connectivity index (χ3v) is 4.46. The molecule has 1 heterocycles. The quantitative estimate of drug-likeness (QED) is 0.926. The van der Waals surface area contributed by atoms with E-state index >= 15 is 0 Å². The van der Waals surface area contributed by atoms with Crippen LogP contribution in [0.2, 0.25) is 0 Å². The number of hydrogen-bond acceptors (Lipinski definition) is 3. The van der Waals surface area contributed by atoms with Gasteiger partial charge in [-0.1, -0.05) is 6.42 Å². The summed E-state index contributed by atoms with van der Waals surface area (Å²) in [6.07, 6.45) is -1.41. The van der Waals surface area contributed by atoms with Gasteiger partial charge in [0.25, 0.3) is 0 Å². The molecule has 1 aliphatic carbocycles. The molecule has 1 fully saturated rings. The predicted molar refractivity (Wildman–Crippen MR) is 63.9 cm³/mol. The Kier molecular flexibility index (Phi) is 4.03. The van der Waals surface area contributed by atoms with E-state index < -0.39 is 23.6 Å². The van der Waals surface area contributed by atoms with Crippen LogP contribution in [0.15, 0.2) is 23.4 Å². The smallest absolute Gasteiger partial charge is 0.417 e. The predicted octanol–water partition coefficient (Wildman–Crippen LogP) is 3.45. The summed E-state index contributed by atoms with van der Waals surface area (Å²) >= 11 is 1.25. The monoisotopic (exact) mass is 291 g/mol. The van der Waals surface area contributed by atoms with Gasteiger partial charge >= 0.3 is 12.1 Å². The number of carboxylic acids is 1. The van der Waals surface area contributed by atoms with Gasteiger partial charge in [-0.2, -0.15) is 13.2 Å². The van der Waals surface area contributed by atoms with Crippen molar-refractivity contribution in [3.8, 4) is 0 Å². The highest BCUT2D eigenvalue weighted by atomic mass is 32.2. The van der Waals surface area contributed by atoms with Crippen molar-refractivity contribution in [2.24, 2.45) is 5.92 Å². The molecule has 104 valence electrons. The minimum absolute atomic E-state index is 0.110. The summed E-state index contributed by atoms with van der Waals surface area (Å²) in [7, 11) is 0. The van der Waals surface area contributed by atoms with Gasteiger partial charge in [-0.15, -0.1) is 11.8 Å². The average molecular weight is 291 g/mol. The molecular weight excluding hydrogens is 279 g/mol. The fourth-order valence-corrected chi connectivity index (χ4v) is 3.39. The Morgan fingerprint density at radius 3 is 2.63 bits per heavy atom.